The number of hydrogen-bond acceptors (Lipinski definition) is 6. The molecule has 2 amide bonds. The zero-order valence-corrected chi connectivity index (χ0v) is 15.0. The maximum atomic E-state index is 12.0. The molecule has 0 fully saturated rings. The predicted molar refractivity (Wildman–Crippen MR) is 99.6 cm³/mol. The van der Waals surface area contributed by atoms with Gasteiger partial charge in [-0.05, 0) is 54.6 Å². The third kappa shape index (κ3) is 5.63. The van der Waals surface area contributed by atoms with Crippen LogP contribution in [0.2, 0.25) is 0 Å². The van der Waals surface area contributed by atoms with Crippen molar-refractivity contribution in [3.63, 3.8) is 0 Å². The van der Waals surface area contributed by atoms with Crippen LogP contribution in [0.3, 0.4) is 0 Å². The molecule has 0 heterocycles. The molecule has 0 saturated carbocycles. The lowest BCUT2D eigenvalue weighted by Crippen LogP contribution is -2.32. The van der Waals surface area contributed by atoms with E-state index < -0.39 is 0 Å². The number of imide groups is 1. The first-order valence-corrected chi connectivity index (χ1v) is 9.13. The van der Waals surface area contributed by atoms with E-state index in [0.717, 1.165) is 5.56 Å². The summed E-state index contributed by atoms with van der Waals surface area (Å²) in [5.41, 5.74) is 1.38. The quantitative estimate of drug-likeness (QED) is 0.517. The molecule has 1 unspecified atom stereocenters. The van der Waals surface area contributed by atoms with Gasteiger partial charge in [-0.1, -0.05) is 12.1 Å². The number of carbonyl (C=O) groups excluding carboxylic acids is 3. The van der Waals surface area contributed by atoms with Gasteiger partial charge in [-0.25, -0.2) is 0 Å². The second-order valence-electron chi connectivity index (χ2n) is 5.46. The van der Waals surface area contributed by atoms with Gasteiger partial charge in [0.2, 0.25) is 12.3 Å². The minimum absolute atomic E-state index is 0.100. The van der Waals surface area contributed by atoms with Gasteiger partial charge in [-0.15, -0.1) is 0 Å². The molecule has 6 nitrogen and oxygen atoms in total. The van der Waals surface area contributed by atoms with Crippen LogP contribution in [-0.2, 0) is 16.0 Å². The fraction of sp³-hybridized carbons (Fsp3) is 0.211. The Morgan fingerprint density at radius 2 is 1.81 bits per heavy atom. The maximum absolute atomic E-state index is 12.0. The van der Waals surface area contributed by atoms with Crippen LogP contribution in [0.5, 0.6) is 11.5 Å². The van der Waals surface area contributed by atoms with E-state index in [1.807, 2.05) is 18.4 Å². The lowest BCUT2D eigenvalue weighted by molar-refractivity contribution is -0.124. The highest BCUT2D eigenvalue weighted by atomic mass is 32.2. The Morgan fingerprint density at radius 1 is 1.15 bits per heavy atom. The number of ether oxygens (including phenoxy) is 1. The number of carbonyl (C=O) groups is 3. The predicted octanol–water partition coefficient (Wildman–Crippen LogP) is 2.20. The summed E-state index contributed by atoms with van der Waals surface area (Å²) in [5.74, 6) is 0.122. The molecule has 26 heavy (non-hydrogen) atoms. The van der Waals surface area contributed by atoms with E-state index in [0.29, 0.717) is 24.1 Å². The zero-order chi connectivity index (χ0) is 18.9. The van der Waals surface area contributed by atoms with E-state index in [2.05, 4.69) is 5.32 Å². The molecule has 0 bridgehead atoms. The van der Waals surface area contributed by atoms with E-state index in [1.165, 1.54) is 36.0 Å². The van der Waals surface area contributed by atoms with E-state index in [9.17, 15) is 19.5 Å². The second-order valence-corrected chi connectivity index (χ2v) is 6.50. The van der Waals surface area contributed by atoms with Gasteiger partial charge in [-0.3, -0.25) is 19.7 Å². The average molecular weight is 373 g/mol. The van der Waals surface area contributed by atoms with Crippen molar-refractivity contribution in [3.05, 3.63) is 59.7 Å². The Bertz CT molecular complexity index is 759. The average Bonchev–Trinajstić information content (AvgIpc) is 2.65. The number of phenols is 1. The van der Waals surface area contributed by atoms with E-state index in [1.54, 1.807) is 12.1 Å². The van der Waals surface area contributed by atoms with Crippen molar-refractivity contribution in [3.8, 4) is 11.5 Å². The highest BCUT2D eigenvalue weighted by Crippen LogP contribution is 2.18. The number of hydrogen-bond donors (Lipinski definition) is 2. The van der Waals surface area contributed by atoms with Gasteiger partial charge in [0.25, 0.3) is 0 Å². The van der Waals surface area contributed by atoms with Gasteiger partial charge in [-0.2, -0.15) is 11.8 Å². The summed E-state index contributed by atoms with van der Waals surface area (Å²) >= 11 is 1.37. The van der Waals surface area contributed by atoms with Crippen LogP contribution in [0.4, 0.5) is 0 Å². The summed E-state index contributed by atoms with van der Waals surface area (Å²) in [7, 11) is 0. The van der Waals surface area contributed by atoms with Crippen molar-refractivity contribution in [1.29, 1.82) is 0 Å². The highest BCUT2D eigenvalue weighted by molar-refractivity contribution is 7.99. The summed E-state index contributed by atoms with van der Waals surface area (Å²) in [6.45, 7) is -0.112. The molecule has 7 heteroatoms. The van der Waals surface area contributed by atoms with Crippen molar-refractivity contribution in [2.75, 3.05) is 12.9 Å². The number of benzene rings is 2. The van der Waals surface area contributed by atoms with Crippen LogP contribution in [0, 0.1) is 0 Å². The van der Waals surface area contributed by atoms with Crippen LogP contribution in [0.15, 0.2) is 48.5 Å². The molecule has 0 aliphatic rings. The van der Waals surface area contributed by atoms with Crippen LogP contribution < -0.4 is 10.1 Å². The number of phenolic OH excluding ortho intramolecular Hbond substituents is 1. The number of Topliss-reactive ketones (excluding diaryl/α,β-unsaturated/α-hetero) is 1. The first-order chi connectivity index (χ1) is 12.5. The second kappa shape index (κ2) is 9.62. The smallest absolute Gasteiger partial charge is 0.239 e. The lowest BCUT2D eigenvalue weighted by Gasteiger charge is -2.12. The van der Waals surface area contributed by atoms with Crippen LogP contribution >= 0.6 is 11.8 Å². The van der Waals surface area contributed by atoms with Crippen molar-refractivity contribution in [1.82, 2.24) is 5.32 Å². The first-order valence-electron chi connectivity index (χ1n) is 7.84. The van der Waals surface area contributed by atoms with Gasteiger partial charge in [0.05, 0.1) is 5.25 Å². The number of nitrogens with one attached hydrogen (secondary N) is 1. The molecule has 2 aromatic carbocycles. The Hall–Kier alpha value is -2.80. The minimum Gasteiger partial charge on any atom is -0.508 e. The van der Waals surface area contributed by atoms with Crippen molar-refractivity contribution < 1.29 is 24.2 Å². The molecule has 2 rings (SSSR count). The molecular formula is C19H19NO5S. The molecule has 0 radical (unpaired) electrons. The van der Waals surface area contributed by atoms with E-state index >= 15 is 0 Å². The maximum Gasteiger partial charge on any atom is 0.239 e. The monoisotopic (exact) mass is 373 g/mol. The molecule has 2 N–H and O–H groups in total. The summed E-state index contributed by atoms with van der Waals surface area (Å²) < 4.78 is 5.48. The zero-order valence-electron chi connectivity index (χ0n) is 14.2. The van der Waals surface area contributed by atoms with Crippen molar-refractivity contribution in [2.24, 2.45) is 0 Å². The van der Waals surface area contributed by atoms with Crippen LogP contribution in [-0.4, -0.2) is 41.3 Å². The Labute approximate surface area is 155 Å². The third-order valence-corrected chi connectivity index (χ3v) is 4.63. The molecule has 1 atom stereocenters. The molecule has 0 spiro atoms. The fourth-order valence-corrected chi connectivity index (χ4v) is 2.89. The molecular weight excluding hydrogens is 354 g/mol. The standard InChI is InChI=1S/C19H19NO5S/c1-26-18(19(24)20-12-21)10-13-2-8-16(9-3-13)25-11-17(23)14-4-6-15(22)7-5-14/h2-9,12,18,22H,10-11H2,1H3,(H,20,21,24). The molecule has 0 aliphatic carbocycles. The van der Waals surface area contributed by atoms with Gasteiger partial charge in [0.1, 0.15) is 11.5 Å². The van der Waals surface area contributed by atoms with Gasteiger partial charge in [0.15, 0.2) is 12.4 Å². The molecule has 136 valence electrons. The van der Waals surface area contributed by atoms with Gasteiger partial charge in [0, 0.05) is 5.56 Å². The topological polar surface area (TPSA) is 92.7 Å². The summed E-state index contributed by atoms with van der Waals surface area (Å²) in [6.07, 6.45) is 2.67. The normalized spacial score (nSPS) is 11.4. The summed E-state index contributed by atoms with van der Waals surface area (Å²) in [4.78, 5) is 34.2. The first kappa shape index (κ1) is 19.5. The van der Waals surface area contributed by atoms with E-state index in [4.69, 9.17) is 4.74 Å². The molecule has 0 saturated heterocycles. The SMILES string of the molecule is CSC(Cc1ccc(OCC(=O)c2ccc(O)cc2)cc1)C(=O)NC=O. The number of ketones is 1. The fourth-order valence-electron chi connectivity index (χ4n) is 2.25. The Morgan fingerprint density at radius 3 is 2.38 bits per heavy atom. The van der Waals surface area contributed by atoms with Gasteiger partial charge >= 0.3 is 0 Å². The largest absolute Gasteiger partial charge is 0.508 e. The molecule has 2 aromatic rings. The summed E-state index contributed by atoms with van der Waals surface area (Å²) in [6, 6.07) is 13.1. The van der Waals surface area contributed by atoms with Crippen LogP contribution in [0.1, 0.15) is 15.9 Å². The van der Waals surface area contributed by atoms with Crippen molar-refractivity contribution in [2.45, 2.75) is 11.7 Å². The van der Waals surface area contributed by atoms with Gasteiger partial charge < -0.3 is 9.84 Å². The van der Waals surface area contributed by atoms with E-state index in [-0.39, 0.29) is 29.3 Å². The van der Waals surface area contributed by atoms with Crippen LogP contribution in [0.25, 0.3) is 0 Å². The third-order valence-electron chi connectivity index (χ3n) is 3.68. The number of aromatic hydroxyl groups is 1. The lowest BCUT2D eigenvalue weighted by atomic mass is 10.1. The summed E-state index contributed by atoms with van der Waals surface area (Å²) in [5, 5.41) is 11.0. The molecule has 0 aliphatic heterocycles. The number of amides is 2. The number of rotatable bonds is 9. The minimum atomic E-state index is -0.358. The Kier molecular flexibility index (Phi) is 7.23. The highest BCUT2D eigenvalue weighted by Gasteiger charge is 2.17. The van der Waals surface area contributed by atoms with Crippen molar-refractivity contribution >= 4 is 29.9 Å². The molecule has 0 aromatic heterocycles. The number of thioether (sulfide) groups is 1. The Balaban J connectivity index is 1.90.